The fraction of sp³-hybridized carbons (Fsp3) is 0.417. The van der Waals surface area contributed by atoms with Gasteiger partial charge in [-0.25, -0.2) is 0 Å². The highest BCUT2D eigenvalue weighted by atomic mass is 16.6. The third-order valence-electron chi connectivity index (χ3n) is 2.13. The van der Waals surface area contributed by atoms with Crippen molar-refractivity contribution in [3.63, 3.8) is 0 Å². The average molecular weight is 207 g/mol. The molecule has 1 aromatic carbocycles. The third kappa shape index (κ3) is 4.02. The van der Waals surface area contributed by atoms with Crippen molar-refractivity contribution >= 4 is 6.21 Å². The van der Waals surface area contributed by atoms with E-state index in [0.29, 0.717) is 0 Å². The van der Waals surface area contributed by atoms with Crippen molar-refractivity contribution in [1.82, 2.24) is 0 Å². The molecular weight excluding hydrogens is 190 g/mol. The minimum atomic E-state index is 0.166. The quantitative estimate of drug-likeness (QED) is 0.549. The Morgan fingerprint density at radius 1 is 1.33 bits per heavy atom. The zero-order valence-corrected chi connectivity index (χ0v) is 9.43. The van der Waals surface area contributed by atoms with Crippen LogP contribution < -0.4 is 4.74 Å². The largest absolute Gasteiger partial charge is 0.497 e. The fourth-order valence-corrected chi connectivity index (χ4v) is 0.960. The second-order valence-electron chi connectivity index (χ2n) is 3.33. The lowest BCUT2D eigenvalue weighted by Crippen LogP contribution is -2.01. The number of ether oxygens (including phenoxy) is 1. The molecule has 0 saturated carbocycles. The lowest BCUT2D eigenvalue weighted by atomic mass is 10.2. The van der Waals surface area contributed by atoms with Crippen LogP contribution in [0.3, 0.4) is 0 Å². The lowest BCUT2D eigenvalue weighted by Gasteiger charge is -2.04. The molecule has 15 heavy (non-hydrogen) atoms. The zero-order valence-electron chi connectivity index (χ0n) is 9.43. The summed E-state index contributed by atoms with van der Waals surface area (Å²) in [4.78, 5) is 5.19. The summed E-state index contributed by atoms with van der Waals surface area (Å²) in [7, 11) is 1.65. The molecule has 1 atom stereocenters. The number of oxime groups is 1. The van der Waals surface area contributed by atoms with Gasteiger partial charge in [0.15, 0.2) is 0 Å². The van der Waals surface area contributed by atoms with E-state index in [1.54, 1.807) is 13.3 Å². The Labute approximate surface area is 90.7 Å². The average Bonchev–Trinajstić information content (AvgIpc) is 2.29. The van der Waals surface area contributed by atoms with Gasteiger partial charge in [-0.2, -0.15) is 0 Å². The van der Waals surface area contributed by atoms with Crippen molar-refractivity contribution in [1.29, 1.82) is 0 Å². The maximum Gasteiger partial charge on any atom is 0.124 e. The monoisotopic (exact) mass is 207 g/mol. The van der Waals surface area contributed by atoms with Crippen molar-refractivity contribution in [2.24, 2.45) is 5.16 Å². The molecule has 0 saturated heterocycles. The van der Waals surface area contributed by atoms with E-state index in [1.807, 2.05) is 31.2 Å². The molecular formula is C12H17NO2. The summed E-state index contributed by atoms with van der Waals surface area (Å²) in [5.41, 5.74) is 0.999. The topological polar surface area (TPSA) is 30.8 Å². The van der Waals surface area contributed by atoms with Gasteiger partial charge in [-0.1, -0.05) is 12.1 Å². The van der Waals surface area contributed by atoms with E-state index in [1.165, 1.54) is 0 Å². The molecule has 3 heteroatoms. The highest BCUT2D eigenvalue weighted by molar-refractivity contribution is 5.79. The molecule has 0 bridgehead atoms. The molecule has 0 spiro atoms. The van der Waals surface area contributed by atoms with Gasteiger partial charge in [0.05, 0.1) is 13.3 Å². The predicted molar refractivity (Wildman–Crippen MR) is 61.4 cm³/mol. The van der Waals surface area contributed by atoms with E-state index in [-0.39, 0.29) is 6.10 Å². The molecule has 0 radical (unpaired) electrons. The van der Waals surface area contributed by atoms with Crippen LogP contribution in [0, 0.1) is 0 Å². The van der Waals surface area contributed by atoms with Gasteiger partial charge in [-0.05, 0) is 43.2 Å². The third-order valence-corrected chi connectivity index (χ3v) is 2.13. The summed E-state index contributed by atoms with van der Waals surface area (Å²) < 4.78 is 5.05. The first-order chi connectivity index (χ1) is 7.26. The molecule has 0 N–H and O–H groups in total. The molecule has 0 heterocycles. The zero-order chi connectivity index (χ0) is 11.1. The summed E-state index contributed by atoms with van der Waals surface area (Å²) in [6.07, 6.45) is 2.82. The second kappa shape index (κ2) is 6.06. The van der Waals surface area contributed by atoms with Crippen LogP contribution in [0.1, 0.15) is 25.8 Å². The predicted octanol–water partition coefficient (Wildman–Crippen LogP) is 2.84. The normalized spacial score (nSPS) is 12.7. The fourth-order valence-electron chi connectivity index (χ4n) is 0.960. The summed E-state index contributed by atoms with van der Waals surface area (Å²) in [5.74, 6) is 0.843. The lowest BCUT2D eigenvalue weighted by molar-refractivity contribution is 0.0712. The van der Waals surface area contributed by atoms with Gasteiger partial charge in [0.2, 0.25) is 0 Å². The van der Waals surface area contributed by atoms with E-state index < -0.39 is 0 Å². The van der Waals surface area contributed by atoms with Gasteiger partial charge >= 0.3 is 0 Å². The van der Waals surface area contributed by atoms with Gasteiger partial charge in [-0.3, -0.25) is 0 Å². The number of hydrogen-bond donors (Lipinski definition) is 0. The first kappa shape index (κ1) is 11.6. The van der Waals surface area contributed by atoms with Crippen molar-refractivity contribution < 1.29 is 9.57 Å². The Kier molecular flexibility index (Phi) is 4.68. The first-order valence-electron chi connectivity index (χ1n) is 5.09. The maximum atomic E-state index is 5.19. The Hall–Kier alpha value is -1.51. The van der Waals surface area contributed by atoms with Gasteiger partial charge in [0.1, 0.15) is 11.9 Å². The number of rotatable bonds is 5. The van der Waals surface area contributed by atoms with Crippen LogP contribution in [-0.2, 0) is 4.84 Å². The molecule has 0 aliphatic carbocycles. The smallest absolute Gasteiger partial charge is 0.124 e. The van der Waals surface area contributed by atoms with E-state index in [0.717, 1.165) is 17.7 Å². The van der Waals surface area contributed by atoms with E-state index in [2.05, 4.69) is 12.1 Å². The summed E-state index contributed by atoms with van der Waals surface area (Å²) in [6.45, 7) is 4.05. The number of nitrogens with zero attached hydrogens (tertiary/aromatic N) is 1. The molecule has 0 aromatic heterocycles. The van der Waals surface area contributed by atoms with Crippen LogP contribution >= 0.6 is 0 Å². The standard InChI is InChI=1S/C12H17NO2/c1-4-10(2)15-13-9-11-5-7-12(14-3)8-6-11/h5-10H,4H2,1-3H3. The van der Waals surface area contributed by atoms with Crippen molar-refractivity contribution in [3.8, 4) is 5.75 Å². The van der Waals surface area contributed by atoms with E-state index in [4.69, 9.17) is 9.57 Å². The minimum absolute atomic E-state index is 0.166. The summed E-state index contributed by atoms with van der Waals surface area (Å²) in [5, 5.41) is 3.90. The summed E-state index contributed by atoms with van der Waals surface area (Å²) >= 11 is 0. The van der Waals surface area contributed by atoms with Crippen LogP contribution in [0.5, 0.6) is 5.75 Å². The van der Waals surface area contributed by atoms with Gasteiger partial charge in [0.25, 0.3) is 0 Å². The van der Waals surface area contributed by atoms with Crippen LogP contribution in [0.15, 0.2) is 29.4 Å². The van der Waals surface area contributed by atoms with Crippen LogP contribution in [-0.4, -0.2) is 19.4 Å². The van der Waals surface area contributed by atoms with Crippen LogP contribution in [0.25, 0.3) is 0 Å². The summed E-state index contributed by atoms with van der Waals surface area (Å²) in [6, 6.07) is 7.65. The van der Waals surface area contributed by atoms with Crippen molar-refractivity contribution in [2.75, 3.05) is 7.11 Å². The highest BCUT2D eigenvalue weighted by Crippen LogP contribution is 2.09. The van der Waals surface area contributed by atoms with Gasteiger partial charge in [-0.15, -0.1) is 0 Å². The molecule has 0 fully saturated rings. The Balaban J connectivity index is 2.49. The Morgan fingerprint density at radius 2 is 2.00 bits per heavy atom. The van der Waals surface area contributed by atoms with Gasteiger partial charge < -0.3 is 9.57 Å². The van der Waals surface area contributed by atoms with E-state index >= 15 is 0 Å². The molecule has 0 amide bonds. The molecule has 0 aliphatic rings. The van der Waals surface area contributed by atoms with Crippen LogP contribution in [0.4, 0.5) is 0 Å². The van der Waals surface area contributed by atoms with Crippen LogP contribution in [0.2, 0.25) is 0 Å². The Bertz CT molecular complexity index is 306. The number of hydrogen-bond acceptors (Lipinski definition) is 3. The number of methoxy groups -OCH3 is 1. The molecule has 1 aromatic rings. The van der Waals surface area contributed by atoms with Crippen molar-refractivity contribution in [3.05, 3.63) is 29.8 Å². The molecule has 1 rings (SSSR count). The van der Waals surface area contributed by atoms with E-state index in [9.17, 15) is 0 Å². The Morgan fingerprint density at radius 3 is 2.53 bits per heavy atom. The SMILES string of the molecule is CCC(C)ON=Cc1ccc(OC)cc1. The molecule has 82 valence electrons. The molecule has 1 unspecified atom stereocenters. The number of benzene rings is 1. The van der Waals surface area contributed by atoms with Crippen molar-refractivity contribution in [2.45, 2.75) is 26.4 Å². The highest BCUT2D eigenvalue weighted by Gasteiger charge is 1.95. The van der Waals surface area contributed by atoms with Gasteiger partial charge in [0, 0.05) is 0 Å². The molecule has 0 aliphatic heterocycles. The minimum Gasteiger partial charge on any atom is -0.497 e. The first-order valence-corrected chi connectivity index (χ1v) is 5.09. The second-order valence-corrected chi connectivity index (χ2v) is 3.33. The molecule has 3 nitrogen and oxygen atoms in total. The maximum absolute atomic E-state index is 5.19.